The fraction of sp³-hybridized carbons (Fsp3) is 1.00. The summed E-state index contributed by atoms with van der Waals surface area (Å²) in [6.07, 6.45) is 13.1. The molecule has 13 saturated carbocycles. The molecule has 13 aliphatic carbocycles. The van der Waals surface area contributed by atoms with E-state index in [1.807, 2.05) is 0 Å². The standard InChI is InChI=1S/C22H28S/c23-20-4-14-13-6-21-3-9-1-10-12-7-22(8-20,18(14)16(10)21)19(15(13)5-20)17(21)11(12)2-9/h9-19,23H,1-8H2/t9?,10-,11?,12?,13?,14?,15+,16?,17?,18?,19?,20?,21?,22?/m0/s1. The van der Waals surface area contributed by atoms with E-state index in [2.05, 4.69) is 0 Å². The summed E-state index contributed by atoms with van der Waals surface area (Å²) in [6.45, 7) is 0. The van der Waals surface area contributed by atoms with Crippen molar-refractivity contribution >= 4 is 12.6 Å². The van der Waals surface area contributed by atoms with Crippen LogP contribution < -0.4 is 0 Å². The third-order valence-corrected chi connectivity index (χ3v) is 13.0. The van der Waals surface area contributed by atoms with Crippen molar-refractivity contribution in [2.24, 2.45) is 75.9 Å². The summed E-state index contributed by atoms with van der Waals surface area (Å²) in [4.78, 5) is 0. The summed E-state index contributed by atoms with van der Waals surface area (Å²) in [5.74, 6) is 13.0. The molecule has 13 fully saturated rings. The van der Waals surface area contributed by atoms with Gasteiger partial charge in [-0.3, -0.25) is 0 Å². The van der Waals surface area contributed by atoms with Crippen molar-refractivity contribution in [2.75, 3.05) is 0 Å². The molecule has 0 aromatic carbocycles. The minimum atomic E-state index is 0.478. The average molecular weight is 325 g/mol. The quantitative estimate of drug-likeness (QED) is 0.616. The number of thiol groups is 1. The maximum absolute atomic E-state index is 5.37. The average Bonchev–Trinajstić information content (AvgIpc) is 2.51. The van der Waals surface area contributed by atoms with E-state index in [4.69, 9.17) is 12.6 Å². The Kier molecular flexibility index (Phi) is 1.49. The summed E-state index contributed by atoms with van der Waals surface area (Å²) in [5.41, 5.74) is 1.73. The molecule has 0 nitrogen and oxygen atoms in total. The summed E-state index contributed by atoms with van der Waals surface area (Å²) in [6, 6.07) is 0. The van der Waals surface area contributed by atoms with Crippen LogP contribution in [0.1, 0.15) is 51.4 Å². The molecule has 0 aliphatic heterocycles. The van der Waals surface area contributed by atoms with E-state index in [0.29, 0.717) is 4.75 Å². The molecule has 13 rings (SSSR count). The van der Waals surface area contributed by atoms with Crippen LogP contribution in [0.25, 0.3) is 0 Å². The molecule has 12 unspecified atom stereocenters. The molecule has 14 bridgehead atoms. The highest BCUT2D eigenvalue weighted by molar-refractivity contribution is 7.81. The molecule has 0 aromatic heterocycles. The van der Waals surface area contributed by atoms with Gasteiger partial charge >= 0.3 is 0 Å². The summed E-state index contributed by atoms with van der Waals surface area (Å²) >= 11 is 5.37. The molecule has 2 spiro atoms. The third kappa shape index (κ3) is 0.867. The molecule has 23 heavy (non-hydrogen) atoms. The Balaban J connectivity index is 1.41. The van der Waals surface area contributed by atoms with Crippen molar-refractivity contribution < 1.29 is 0 Å². The Bertz CT molecular complexity index is 654. The van der Waals surface area contributed by atoms with Crippen LogP contribution in [-0.2, 0) is 0 Å². The summed E-state index contributed by atoms with van der Waals surface area (Å²) in [7, 11) is 0. The minimum absolute atomic E-state index is 0.478. The Morgan fingerprint density at radius 1 is 0.565 bits per heavy atom. The Hall–Kier alpha value is 0.350. The van der Waals surface area contributed by atoms with Gasteiger partial charge in [-0.15, -0.1) is 0 Å². The molecule has 1 heteroatoms. The van der Waals surface area contributed by atoms with Gasteiger partial charge in [-0.05, 0) is 127 Å². The fourth-order valence-electron chi connectivity index (χ4n) is 13.5. The maximum Gasteiger partial charge on any atom is 0.0141 e. The second kappa shape index (κ2) is 2.89. The van der Waals surface area contributed by atoms with Gasteiger partial charge in [0.2, 0.25) is 0 Å². The van der Waals surface area contributed by atoms with Gasteiger partial charge in [0.25, 0.3) is 0 Å². The van der Waals surface area contributed by atoms with Crippen LogP contribution in [0.4, 0.5) is 0 Å². The molecule has 14 atom stereocenters. The van der Waals surface area contributed by atoms with E-state index in [9.17, 15) is 0 Å². The fourth-order valence-corrected chi connectivity index (χ4v) is 14.2. The number of hydrogen-bond donors (Lipinski definition) is 1. The molecule has 0 aromatic rings. The lowest BCUT2D eigenvalue weighted by atomic mass is 9.13. The highest BCUT2D eigenvalue weighted by Gasteiger charge is 2.87. The van der Waals surface area contributed by atoms with Crippen molar-refractivity contribution in [3.63, 3.8) is 0 Å². The van der Waals surface area contributed by atoms with Gasteiger partial charge in [0.05, 0.1) is 0 Å². The van der Waals surface area contributed by atoms with E-state index < -0.39 is 0 Å². The lowest BCUT2D eigenvalue weighted by Gasteiger charge is -2.92. The van der Waals surface area contributed by atoms with Crippen molar-refractivity contribution in [1.29, 1.82) is 0 Å². The van der Waals surface area contributed by atoms with Gasteiger partial charge < -0.3 is 0 Å². The van der Waals surface area contributed by atoms with Crippen LogP contribution >= 0.6 is 12.6 Å². The first-order chi connectivity index (χ1) is 11.1. The zero-order valence-corrected chi connectivity index (χ0v) is 14.8. The van der Waals surface area contributed by atoms with Gasteiger partial charge in [0.15, 0.2) is 0 Å². The van der Waals surface area contributed by atoms with Crippen LogP contribution in [0.5, 0.6) is 0 Å². The van der Waals surface area contributed by atoms with Crippen molar-refractivity contribution in [3.05, 3.63) is 0 Å². The lowest BCUT2D eigenvalue weighted by molar-refractivity contribution is -0.428. The minimum Gasteiger partial charge on any atom is -0.172 e. The highest BCUT2D eigenvalue weighted by Crippen LogP contribution is 2.93. The van der Waals surface area contributed by atoms with Gasteiger partial charge in [-0.1, -0.05) is 0 Å². The lowest BCUT2D eigenvalue weighted by Crippen LogP contribution is -2.86. The highest BCUT2D eigenvalue weighted by atomic mass is 32.1. The summed E-state index contributed by atoms with van der Waals surface area (Å²) < 4.78 is 0.478. The van der Waals surface area contributed by atoms with E-state index >= 15 is 0 Å². The third-order valence-electron chi connectivity index (χ3n) is 12.5. The van der Waals surface area contributed by atoms with Crippen LogP contribution in [0.2, 0.25) is 0 Å². The van der Waals surface area contributed by atoms with Crippen molar-refractivity contribution in [1.82, 2.24) is 0 Å². The van der Waals surface area contributed by atoms with Gasteiger partial charge in [-0.25, -0.2) is 0 Å². The number of rotatable bonds is 0. The van der Waals surface area contributed by atoms with E-state index in [0.717, 1.165) is 22.7 Å². The van der Waals surface area contributed by atoms with E-state index in [1.165, 1.54) is 66.1 Å². The smallest absolute Gasteiger partial charge is 0.0141 e. The van der Waals surface area contributed by atoms with Gasteiger partial charge in [0, 0.05) is 4.75 Å². The first-order valence-corrected chi connectivity index (χ1v) is 11.3. The summed E-state index contributed by atoms with van der Waals surface area (Å²) in [5, 5.41) is 0. The van der Waals surface area contributed by atoms with Crippen LogP contribution in [0.3, 0.4) is 0 Å². The predicted octanol–water partition coefficient (Wildman–Crippen LogP) is 4.65. The van der Waals surface area contributed by atoms with Crippen molar-refractivity contribution in [2.45, 2.75) is 56.1 Å². The molecule has 0 amide bonds. The molecule has 0 saturated heterocycles. The topological polar surface area (TPSA) is 0 Å². The largest absolute Gasteiger partial charge is 0.172 e. The van der Waals surface area contributed by atoms with Crippen molar-refractivity contribution in [3.8, 4) is 0 Å². The molecular weight excluding hydrogens is 296 g/mol. The van der Waals surface area contributed by atoms with Crippen LogP contribution in [0, 0.1) is 75.9 Å². The predicted molar refractivity (Wildman–Crippen MR) is 91.9 cm³/mol. The molecule has 0 heterocycles. The first kappa shape index (κ1) is 11.9. The molecule has 0 radical (unpaired) electrons. The van der Waals surface area contributed by atoms with Crippen LogP contribution in [0.15, 0.2) is 0 Å². The van der Waals surface area contributed by atoms with Gasteiger partial charge in [0.1, 0.15) is 0 Å². The maximum atomic E-state index is 5.37. The van der Waals surface area contributed by atoms with Crippen LogP contribution in [-0.4, -0.2) is 4.75 Å². The molecule has 13 aliphatic rings. The molecule has 0 N–H and O–H groups in total. The monoisotopic (exact) mass is 324 g/mol. The Labute approximate surface area is 145 Å². The Morgan fingerprint density at radius 3 is 1.83 bits per heavy atom. The molecule has 122 valence electrons. The second-order valence-electron chi connectivity index (χ2n) is 12.3. The van der Waals surface area contributed by atoms with E-state index in [-0.39, 0.29) is 0 Å². The molecular formula is C22H28S. The normalized spacial score (nSPS) is 85.2. The Morgan fingerprint density at radius 2 is 1.13 bits per heavy atom. The zero-order chi connectivity index (χ0) is 14.5. The van der Waals surface area contributed by atoms with E-state index in [1.54, 1.807) is 38.5 Å². The SMILES string of the molecule is SC12CC3C4CC56CC7CC8C9CC(C1)(C3C5[C@H]9C7)C(C86)[C@@H]4C2. The zero-order valence-electron chi connectivity index (χ0n) is 14.0. The number of hydrogen-bond acceptors (Lipinski definition) is 1. The first-order valence-electron chi connectivity index (χ1n) is 10.9. The second-order valence-corrected chi connectivity index (χ2v) is 13.3. The van der Waals surface area contributed by atoms with Gasteiger partial charge in [-0.2, -0.15) is 12.6 Å².